The number of nitrogens with one attached hydrogen (secondary N) is 1. The molecule has 1 saturated carbocycles. The van der Waals surface area contributed by atoms with Gasteiger partial charge in [0.25, 0.3) is 0 Å². The van der Waals surface area contributed by atoms with Gasteiger partial charge in [0.15, 0.2) is 0 Å². The molecule has 1 aliphatic carbocycles. The molecule has 1 fully saturated rings. The molecule has 1 aromatic rings. The first kappa shape index (κ1) is 11.7. The lowest BCUT2D eigenvalue weighted by atomic mass is 9.75. The van der Waals surface area contributed by atoms with E-state index in [9.17, 15) is 0 Å². The minimum atomic E-state index is 0.391. The van der Waals surface area contributed by atoms with Crippen molar-refractivity contribution in [1.29, 1.82) is 0 Å². The summed E-state index contributed by atoms with van der Waals surface area (Å²) in [6.45, 7) is 3.87. The summed E-state index contributed by atoms with van der Waals surface area (Å²) in [6, 6.07) is 4.06. The van der Waals surface area contributed by atoms with Crippen LogP contribution in [0.5, 0.6) is 0 Å². The number of aryl methyl sites for hydroxylation is 1. The van der Waals surface area contributed by atoms with Crippen molar-refractivity contribution in [3.63, 3.8) is 0 Å². The van der Waals surface area contributed by atoms with Crippen molar-refractivity contribution in [3.8, 4) is 0 Å². The molecular formula is C13H22N2O. The third-order valence-electron chi connectivity index (χ3n) is 3.78. The topological polar surface area (TPSA) is 28.4 Å². The number of likely N-dealkylation sites (N-methyl/N-ethyl adjacent to an activating group) is 1. The molecule has 1 heterocycles. The average molecular weight is 222 g/mol. The smallest absolute Gasteiger partial charge is 0.117 e. The van der Waals surface area contributed by atoms with Gasteiger partial charge in [-0.05, 0) is 52.4 Å². The molecule has 0 aromatic carbocycles. The quantitative estimate of drug-likeness (QED) is 0.827. The van der Waals surface area contributed by atoms with Crippen LogP contribution < -0.4 is 5.32 Å². The van der Waals surface area contributed by atoms with Gasteiger partial charge in [-0.15, -0.1) is 0 Å². The van der Waals surface area contributed by atoms with Crippen LogP contribution in [0.1, 0.15) is 30.8 Å². The molecule has 0 radical (unpaired) electrons. The Morgan fingerprint density at radius 2 is 2.12 bits per heavy atom. The first-order valence-electron chi connectivity index (χ1n) is 6.06. The van der Waals surface area contributed by atoms with E-state index in [0.717, 1.165) is 24.6 Å². The summed E-state index contributed by atoms with van der Waals surface area (Å²) in [6.07, 6.45) is 3.98. The van der Waals surface area contributed by atoms with E-state index in [4.69, 9.17) is 4.42 Å². The third-order valence-corrected chi connectivity index (χ3v) is 3.78. The number of nitrogens with zero attached hydrogens (tertiary/aromatic N) is 1. The maximum Gasteiger partial charge on any atom is 0.117 e. The fourth-order valence-corrected chi connectivity index (χ4v) is 2.37. The van der Waals surface area contributed by atoms with Crippen LogP contribution >= 0.6 is 0 Å². The second-order valence-electron chi connectivity index (χ2n) is 5.09. The molecule has 1 aromatic heterocycles. The van der Waals surface area contributed by atoms with Gasteiger partial charge in [-0.3, -0.25) is 0 Å². The SMILES string of the molecule is Cc1ccc(CNCC2(N(C)C)CCC2)o1. The first-order chi connectivity index (χ1) is 7.62. The molecule has 0 saturated heterocycles. The Morgan fingerprint density at radius 1 is 1.38 bits per heavy atom. The van der Waals surface area contributed by atoms with Gasteiger partial charge < -0.3 is 14.6 Å². The predicted molar refractivity (Wildman–Crippen MR) is 65.4 cm³/mol. The zero-order valence-corrected chi connectivity index (χ0v) is 10.5. The standard InChI is InChI=1S/C13H22N2O/c1-11-5-6-12(16-11)9-14-10-13(15(2)3)7-4-8-13/h5-6,14H,4,7-10H2,1-3H3. The molecule has 16 heavy (non-hydrogen) atoms. The molecule has 1 N–H and O–H groups in total. The van der Waals surface area contributed by atoms with Crippen LogP contribution in [0.3, 0.4) is 0 Å². The average Bonchev–Trinajstić information content (AvgIpc) is 2.55. The summed E-state index contributed by atoms with van der Waals surface area (Å²) >= 11 is 0. The maximum atomic E-state index is 5.53. The Balaban J connectivity index is 1.79. The van der Waals surface area contributed by atoms with Crippen molar-refractivity contribution in [1.82, 2.24) is 10.2 Å². The van der Waals surface area contributed by atoms with Gasteiger partial charge in [0.2, 0.25) is 0 Å². The van der Waals surface area contributed by atoms with E-state index < -0.39 is 0 Å². The first-order valence-corrected chi connectivity index (χ1v) is 6.06. The lowest BCUT2D eigenvalue weighted by Crippen LogP contribution is -2.56. The van der Waals surface area contributed by atoms with E-state index >= 15 is 0 Å². The van der Waals surface area contributed by atoms with Crippen molar-refractivity contribution < 1.29 is 4.42 Å². The van der Waals surface area contributed by atoms with E-state index in [-0.39, 0.29) is 0 Å². The highest BCUT2D eigenvalue weighted by molar-refractivity contribution is 5.05. The summed E-state index contributed by atoms with van der Waals surface area (Å²) in [4.78, 5) is 2.36. The van der Waals surface area contributed by atoms with Gasteiger partial charge in [-0.25, -0.2) is 0 Å². The highest BCUT2D eigenvalue weighted by Crippen LogP contribution is 2.35. The molecule has 0 unspecified atom stereocenters. The summed E-state index contributed by atoms with van der Waals surface area (Å²) in [5, 5.41) is 3.50. The zero-order valence-electron chi connectivity index (χ0n) is 10.5. The highest BCUT2D eigenvalue weighted by Gasteiger charge is 2.38. The molecule has 0 aliphatic heterocycles. The van der Waals surface area contributed by atoms with E-state index in [2.05, 4.69) is 24.3 Å². The third kappa shape index (κ3) is 2.30. The van der Waals surface area contributed by atoms with Crippen molar-refractivity contribution in [2.75, 3.05) is 20.6 Å². The highest BCUT2D eigenvalue weighted by atomic mass is 16.3. The summed E-state index contributed by atoms with van der Waals surface area (Å²) in [7, 11) is 4.36. The molecular weight excluding hydrogens is 200 g/mol. The van der Waals surface area contributed by atoms with Gasteiger partial charge in [0.1, 0.15) is 11.5 Å². The second-order valence-corrected chi connectivity index (χ2v) is 5.09. The van der Waals surface area contributed by atoms with E-state index in [0.29, 0.717) is 5.54 Å². The Hall–Kier alpha value is -0.800. The summed E-state index contributed by atoms with van der Waals surface area (Å²) < 4.78 is 5.53. The van der Waals surface area contributed by atoms with E-state index in [1.165, 1.54) is 19.3 Å². The minimum absolute atomic E-state index is 0.391. The zero-order chi connectivity index (χ0) is 11.6. The Labute approximate surface area is 97.8 Å². The van der Waals surface area contributed by atoms with Crippen LogP contribution in [0.15, 0.2) is 16.5 Å². The van der Waals surface area contributed by atoms with Crippen LogP contribution in [-0.4, -0.2) is 31.1 Å². The molecule has 90 valence electrons. The molecule has 0 atom stereocenters. The lowest BCUT2D eigenvalue weighted by molar-refractivity contribution is 0.0593. The Morgan fingerprint density at radius 3 is 2.56 bits per heavy atom. The van der Waals surface area contributed by atoms with Crippen molar-refractivity contribution in [2.45, 2.75) is 38.3 Å². The Bertz CT molecular complexity index is 339. The molecule has 3 nitrogen and oxygen atoms in total. The molecule has 0 spiro atoms. The van der Waals surface area contributed by atoms with Gasteiger partial charge in [-0.1, -0.05) is 0 Å². The molecule has 2 rings (SSSR count). The minimum Gasteiger partial charge on any atom is -0.465 e. The molecule has 3 heteroatoms. The Kier molecular flexibility index (Phi) is 3.36. The van der Waals surface area contributed by atoms with Crippen LogP contribution in [0, 0.1) is 6.92 Å². The van der Waals surface area contributed by atoms with Crippen molar-refractivity contribution in [2.24, 2.45) is 0 Å². The van der Waals surface area contributed by atoms with Crippen molar-refractivity contribution in [3.05, 3.63) is 23.7 Å². The summed E-state index contributed by atoms with van der Waals surface area (Å²) in [5.41, 5.74) is 0.391. The number of rotatable bonds is 5. The number of furan rings is 1. The number of hydrogen-bond donors (Lipinski definition) is 1. The van der Waals surface area contributed by atoms with Gasteiger partial charge in [0.05, 0.1) is 6.54 Å². The fraction of sp³-hybridized carbons (Fsp3) is 0.692. The van der Waals surface area contributed by atoms with Gasteiger partial charge in [0, 0.05) is 12.1 Å². The van der Waals surface area contributed by atoms with E-state index in [1.807, 2.05) is 19.1 Å². The number of hydrogen-bond acceptors (Lipinski definition) is 3. The van der Waals surface area contributed by atoms with E-state index in [1.54, 1.807) is 0 Å². The molecule has 0 bridgehead atoms. The molecule has 0 amide bonds. The predicted octanol–water partition coefficient (Wildman–Crippen LogP) is 2.16. The van der Waals surface area contributed by atoms with Crippen molar-refractivity contribution >= 4 is 0 Å². The van der Waals surface area contributed by atoms with Crippen LogP contribution in [0.4, 0.5) is 0 Å². The summed E-state index contributed by atoms with van der Waals surface area (Å²) in [5.74, 6) is 2.02. The van der Waals surface area contributed by atoms with Crippen LogP contribution in [0.25, 0.3) is 0 Å². The fourth-order valence-electron chi connectivity index (χ4n) is 2.37. The monoisotopic (exact) mass is 222 g/mol. The van der Waals surface area contributed by atoms with Gasteiger partial charge in [-0.2, -0.15) is 0 Å². The molecule has 1 aliphatic rings. The largest absolute Gasteiger partial charge is 0.465 e. The normalized spacial score (nSPS) is 18.8. The second kappa shape index (κ2) is 4.60. The lowest BCUT2D eigenvalue weighted by Gasteiger charge is -2.47. The van der Waals surface area contributed by atoms with Crippen LogP contribution in [-0.2, 0) is 6.54 Å². The van der Waals surface area contributed by atoms with Gasteiger partial charge >= 0.3 is 0 Å². The maximum absolute atomic E-state index is 5.53. The van der Waals surface area contributed by atoms with Crippen LogP contribution in [0.2, 0.25) is 0 Å².